The molecular formula is C36H42Cl3F4N5O6Si2. The Morgan fingerprint density at radius 2 is 1.02 bits per heavy atom. The smallest absolute Gasteiger partial charge is 0.250 e. The van der Waals surface area contributed by atoms with Crippen molar-refractivity contribution in [3.63, 3.8) is 0 Å². The Balaban J connectivity index is 0.000000300. The third kappa shape index (κ3) is 9.91. The summed E-state index contributed by atoms with van der Waals surface area (Å²) in [5.74, 6) is -7.94. The molecule has 0 atom stereocenters. The van der Waals surface area contributed by atoms with Crippen molar-refractivity contribution in [1.82, 2.24) is 19.9 Å². The maximum atomic E-state index is 14.6. The molecule has 304 valence electrons. The van der Waals surface area contributed by atoms with Gasteiger partial charge in [-0.2, -0.15) is 0 Å². The van der Waals surface area contributed by atoms with Crippen molar-refractivity contribution in [3.05, 3.63) is 85.8 Å². The lowest BCUT2D eigenvalue weighted by Gasteiger charge is -2.37. The van der Waals surface area contributed by atoms with Crippen LogP contribution in [0.25, 0.3) is 0 Å². The van der Waals surface area contributed by atoms with E-state index >= 15 is 0 Å². The standard InChI is InChI=1S/C18H20Cl2F2N2O3Si.C18H22ClF2N3O3Si/c1-18(2,3)28(5,6)27-11-7-10(21)13(22)12(15(11)26-4)14(25)9-8-23-17(20)24-16(9)19;1-18(2,3)28(5,6)27-11-7-10(20)13(21)12(15(11)26-4)14(25)9-8-23-17(19)24-16(9)22/h7-8H,1-6H3;7-8H,1-6H3,(H2,22,23,24). The first-order valence-electron chi connectivity index (χ1n) is 16.7. The van der Waals surface area contributed by atoms with Crippen molar-refractivity contribution in [1.29, 1.82) is 0 Å². The number of nitrogens with zero attached hydrogens (tertiary/aromatic N) is 4. The van der Waals surface area contributed by atoms with E-state index in [-0.39, 0.29) is 65.7 Å². The van der Waals surface area contributed by atoms with Crippen LogP contribution in [0.5, 0.6) is 23.0 Å². The van der Waals surface area contributed by atoms with Crippen LogP contribution in [0, 0.1) is 23.3 Å². The summed E-state index contributed by atoms with van der Waals surface area (Å²) in [6, 6.07) is 1.76. The molecule has 0 saturated carbocycles. The number of ether oxygens (including phenoxy) is 2. The second-order valence-corrected chi connectivity index (χ2v) is 25.8. The number of benzene rings is 2. The molecule has 56 heavy (non-hydrogen) atoms. The van der Waals surface area contributed by atoms with Crippen LogP contribution in [0.4, 0.5) is 23.4 Å². The zero-order chi connectivity index (χ0) is 42.9. The molecule has 4 rings (SSSR count). The normalized spacial score (nSPS) is 12.1. The van der Waals surface area contributed by atoms with E-state index in [9.17, 15) is 27.2 Å². The zero-order valence-corrected chi connectivity index (χ0v) is 37.0. The van der Waals surface area contributed by atoms with Crippen LogP contribution < -0.4 is 24.1 Å². The summed E-state index contributed by atoms with van der Waals surface area (Å²) in [7, 11) is -2.40. The number of anilines is 1. The van der Waals surface area contributed by atoms with Gasteiger partial charge in [0.15, 0.2) is 46.3 Å². The van der Waals surface area contributed by atoms with E-state index in [0.717, 1.165) is 24.5 Å². The van der Waals surface area contributed by atoms with Gasteiger partial charge in [-0.1, -0.05) is 53.1 Å². The molecule has 0 radical (unpaired) electrons. The molecule has 2 N–H and O–H groups in total. The van der Waals surface area contributed by atoms with Gasteiger partial charge >= 0.3 is 0 Å². The Bertz CT molecular complexity index is 2020. The summed E-state index contributed by atoms with van der Waals surface area (Å²) >= 11 is 17.2. The lowest BCUT2D eigenvalue weighted by atomic mass is 10.0. The second kappa shape index (κ2) is 17.2. The Hall–Kier alpha value is -4.04. The van der Waals surface area contributed by atoms with E-state index in [4.69, 9.17) is 58.9 Å². The topological polar surface area (TPSA) is 149 Å². The van der Waals surface area contributed by atoms with Crippen molar-refractivity contribution in [2.24, 2.45) is 0 Å². The van der Waals surface area contributed by atoms with Gasteiger partial charge < -0.3 is 24.1 Å². The van der Waals surface area contributed by atoms with Crippen LogP contribution in [-0.4, -0.2) is 62.4 Å². The molecular weight excluding hydrogens is 837 g/mol. The highest BCUT2D eigenvalue weighted by Gasteiger charge is 2.42. The fourth-order valence-corrected chi connectivity index (χ4v) is 6.85. The van der Waals surface area contributed by atoms with Crippen molar-refractivity contribution >= 4 is 68.8 Å². The molecule has 0 unspecified atom stereocenters. The summed E-state index contributed by atoms with van der Waals surface area (Å²) in [4.78, 5) is 40.5. The molecule has 0 fully saturated rings. The fraction of sp³-hybridized carbons (Fsp3) is 0.389. The first-order valence-corrected chi connectivity index (χ1v) is 23.6. The number of rotatable bonds is 10. The molecule has 11 nitrogen and oxygen atoms in total. The number of carbonyl (C=O) groups is 2. The number of aromatic nitrogens is 4. The molecule has 0 aliphatic rings. The molecule has 0 spiro atoms. The SMILES string of the molecule is COc1c(O[Si](C)(C)C(C)(C)C)cc(F)c(F)c1C(=O)c1cnc(Cl)nc1Cl.COc1c(O[Si](C)(C)C(C)(C)C)cc(F)c(F)c1C(=O)c1cnc(Cl)nc1N. The number of halogens is 7. The first kappa shape index (κ1) is 46.3. The molecule has 2 heterocycles. The van der Waals surface area contributed by atoms with Gasteiger partial charge in [-0.25, -0.2) is 37.5 Å². The number of nitrogens with two attached hydrogens (primary N) is 1. The van der Waals surface area contributed by atoms with E-state index < -0.39 is 62.6 Å². The molecule has 0 aliphatic heterocycles. The van der Waals surface area contributed by atoms with Gasteiger partial charge in [-0.15, -0.1) is 0 Å². The minimum atomic E-state index is -2.44. The lowest BCUT2D eigenvalue weighted by Crippen LogP contribution is -2.44. The first-order chi connectivity index (χ1) is 25.6. The number of methoxy groups -OCH3 is 2. The number of hydrogen-bond donors (Lipinski definition) is 1. The van der Waals surface area contributed by atoms with Gasteiger partial charge in [0.2, 0.25) is 22.1 Å². The minimum absolute atomic E-state index is 0.0511. The molecule has 2 aromatic heterocycles. The van der Waals surface area contributed by atoms with E-state index in [2.05, 4.69) is 19.9 Å². The van der Waals surface area contributed by atoms with Crippen molar-refractivity contribution in [3.8, 4) is 23.0 Å². The Morgan fingerprint density at radius 1 is 0.661 bits per heavy atom. The van der Waals surface area contributed by atoms with Gasteiger partial charge in [-0.3, -0.25) is 9.59 Å². The van der Waals surface area contributed by atoms with Crippen LogP contribution in [0.3, 0.4) is 0 Å². The monoisotopic (exact) mass is 877 g/mol. The van der Waals surface area contributed by atoms with Crippen LogP contribution in [0.15, 0.2) is 24.5 Å². The molecule has 0 amide bonds. The average molecular weight is 879 g/mol. The summed E-state index contributed by atoms with van der Waals surface area (Å²) < 4.78 is 80.5. The maximum absolute atomic E-state index is 14.6. The Kier molecular flexibility index (Phi) is 14.2. The van der Waals surface area contributed by atoms with Crippen molar-refractivity contribution < 1.29 is 45.5 Å². The number of hydrogen-bond acceptors (Lipinski definition) is 11. The second-order valence-electron chi connectivity index (χ2n) is 15.3. The Morgan fingerprint density at radius 3 is 1.36 bits per heavy atom. The number of carbonyl (C=O) groups excluding carboxylic acids is 2. The van der Waals surface area contributed by atoms with Gasteiger partial charge in [0, 0.05) is 24.5 Å². The third-order valence-corrected chi connectivity index (χ3v) is 18.8. The molecule has 4 aromatic rings. The fourth-order valence-electron chi connectivity index (χ4n) is 4.30. The Labute approximate surface area is 339 Å². The van der Waals surface area contributed by atoms with Crippen LogP contribution >= 0.6 is 34.8 Å². The highest BCUT2D eigenvalue weighted by Crippen LogP contribution is 2.44. The van der Waals surface area contributed by atoms with Gasteiger partial charge in [0.05, 0.1) is 25.3 Å². The van der Waals surface area contributed by atoms with Crippen LogP contribution in [-0.2, 0) is 0 Å². The number of ketones is 2. The lowest BCUT2D eigenvalue weighted by molar-refractivity contribution is 0.102. The van der Waals surface area contributed by atoms with Gasteiger partial charge in [0.25, 0.3) is 16.6 Å². The van der Waals surface area contributed by atoms with Crippen LogP contribution in [0.1, 0.15) is 73.4 Å². The predicted octanol–water partition coefficient (Wildman–Crippen LogP) is 10.3. The number of nitrogen functional groups attached to an aromatic ring is 1. The van der Waals surface area contributed by atoms with E-state index in [1.165, 1.54) is 14.2 Å². The quantitative estimate of drug-likeness (QED) is 0.0533. The predicted molar refractivity (Wildman–Crippen MR) is 212 cm³/mol. The average Bonchev–Trinajstić information content (AvgIpc) is 3.06. The highest BCUT2D eigenvalue weighted by atomic mass is 35.5. The van der Waals surface area contributed by atoms with E-state index in [0.29, 0.717) is 0 Å². The maximum Gasteiger partial charge on any atom is 0.250 e. The summed E-state index contributed by atoms with van der Waals surface area (Å²) in [6.07, 6.45) is 2.09. The van der Waals surface area contributed by atoms with Gasteiger partial charge in [-0.05, 0) is 59.5 Å². The summed E-state index contributed by atoms with van der Waals surface area (Å²) in [5, 5.41) is -1.09. The highest BCUT2D eigenvalue weighted by molar-refractivity contribution is 6.75. The van der Waals surface area contributed by atoms with E-state index in [1.54, 1.807) is 0 Å². The van der Waals surface area contributed by atoms with Crippen LogP contribution in [0.2, 0.25) is 52.0 Å². The molecule has 0 bridgehead atoms. The molecule has 2 aromatic carbocycles. The van der Waals surface area contributed by atoms with Crippen molar-refractivity contribution in [2.75, 3.05) is 20.0 Å². The largest absolute Gasteiger partial charge is 0.541 e. The van der Waals surface area contributed by atoms with Gasteiger partial charge in [0.1, 0.15) is 22.1 Å². The molecule has 20 heteroatoms. The third-order valence-electron chi connectivity index (χ3n) is 9.47. The minimum Gasteiger partial charge on any atom is -0.541 e. The zero-order valence-electron chi connectivity index (χ0n) is 32.8. The van der Waals surface area contributed by atoms with Crippen molar-refractivity contribution in [2.45, 2.75) is 77.8 Å². The summed E-state index contributed by atoms with van der Waals surface area (Å²) in [5.41, 5.74) is 3.93. The molecule has 0 aliphatic carbocycles. The summed E-state index contributed by atoms with van der Waals surface area (Å²) in [6.45, 7) is 19.7. The van der Waals surface area contributed by atoms with E-state index in [1.807, 2.05) is 67.7 Å². The molecule has 0 saturated heterocycles.